The average Bonchev–Trinajstić information content (AvgIpc) is 2.83. The van der Waals surface area contributed by atoms with Crippen molar-refractivity contribution in [2.75, 3.05) is 13.1 Å². The van der Waals surface area contributed by atoms with Crippen LogP contribution in [0.4, 0.5) is 0 Å². The number of hydrogen-bond donors (Lipinski definition) is 0. The van der Waals surface area contributed by atoms with E-state index in [1.807, 2.05) is 5.01 Å². The topological polar surface area (TPSA) is 40.6 Å². The van der Waals surface area contributed by atoms with Crippen LogP contribution in [0.5, 0.6) is 0 Å². The molecule has 0 aromatic heterocycles. The molecule has 1 heterocycles. The molecule has 2 aliphatic rings. The molecular formula is C12H20N2O2. The molecule has 4 nitrogen and oxygen atoms in total. The molecular weight excluding hydrogens is 204 g/mol. The van der Waals surface area contributed by atoms with E-state index in [-0.39, 0.29) is 11.7 Å². The molecule has 0 N–H and O–H groups in total. The van der Waals surface area contributed by atoms with Crippen LogP contribution in [0.2, 0.25) is 0 Å². The van der Waals surface area contributed by atoms with Crippen LogP contribution < -0.4 is 0 Å². The molecule has 0 radical (unpaired) electrons. The molecule has 0 atom stereocenters. The third kappa shape index (κ3) is 2.43. The first-order valence-electron chi connectivity index (χ1n) is 6.25. The SMILES string of the molecule is CC(=O)CCN1CCC(=O)N1C1CCCC1. The van der Waals surface area contributed by atoms with E-state index in [1.165, 1.54) is 12.8 Å². The predicted molar refractivity (Wildman–Crippen MR) is 60.6 cm³/mol. The Morgan fingerprint density at radius 1 is 1.38 bits per heavy atom. The Bertz CT molecular complexity index is 285. The Morgan fingerprint density at radius 3 is 2.69 bits per heavy atom. The lowest BCUT2D eigenvalue weighted by Gasteiger charge is -2.32. The first kappa shape index (κ1) is 11.6. The van der Waals surface area contributed by atoms with Crippen molar-refractivity contribution in [3.63, 3.8) is 0 Å². The molecule has 2 rings (SSSR count). The maximum absolute atomic E-state index is 11.8. The molecule has 1 amide bonds. The van der Waals surface area contributed by atoms with E-state index in [1.54, 1.807) is 6.92 Å². The molecule has 4 heteroatoms. The second-order valence-corrected chi connectivity index (χ2v) is 4.83. The smallest absolute Gasteiger partial charge is 0.238 e. The fourth-order valence-corrected chi connectivity index (χ4v) is 2.69. The van der Waals surface area contributed by atoms with Gasteiger partial charge in [-0.15, -0.1) is 0 Å². The van der Waals surface area contributed by atoms with E-state index in [0.717, 1.165) is 19.4 Å². The zero-order chi connectivity index (χ0) is 11.5. The van der Waals surface area contributed by atoms with E-state index >= 15 is 0 Å². The molecule has 1 aliphatic heterocycles. The lowest BCUT2D eigenvalue weighted by Crippen LogP contribution is -2.45. The minimum Gasteiger partial charge on any atom is -0.300 e. The molecule has 0 unspecified atom stereocenters. The largest absolute Gasteiger partial charge is 0.300 e. The Kier molecular flexibility index (Phi) is 3.59. The highest BCUT2D eigenvalue weighted by Crippen LogP contribution is 2.28. The van der Waals surface area contributed by atoms with Crippen molar-refractivity contribution in [1.29, 1.82) is 0 Å². The maximum atomic E-state index is 11.8. The van der Waals surface area contributed by atoms with Crippen molar-refractivity contribution in [1.82, 2.24) is 10.0 Å². The van der Waals surface area contributed by atoms with Gasteiger partial charge in [0.05, 0.1) is 0 Å². The van der Waals surface area contributed by atoms with Gasteiger partial charge in [-0.2, -0.15) is 0 Å². The Morgan fingerprint density at radius 2 is 2.06 bits per heavy atom. The zero-order valence-corrected chi connectivity index (χ0v) is 9.95. The van der Waals surface area contributed by atoms with Gasteiger partial charge >= 0.3 is 0 Å². The summed E-state index contributed by atoms with van der Waals surface area (Å²) in [7, 11) is 0. The molecule has 1 saturated carbocycles. The van der Waals surface area contributed by atoms with Gasteiger partial charge in [0, 0.05) is 32.0 Å². The highest BCUT2D eigenvalue weighted by atomic mass is 16.2. The molecule has 1 aliphatic carbocycles. The van der Waals surface area contributed by atoms with E-state index in [4.69, 9.17) is 0 Å². The minimum atomic E-state index is 0.200. The second kappa shape index (κ2) is 4.95. The number of amides is 1. The van der Waals surface area contributed by atoms with Gasteiger partial charge in [-0.05, 0) is 19.8 Å². The summed E-state index contributed by atoms with van der Waals surface area (Å²) in [6.07, 6.45) is 5.89. The number of hydrogen-bond acceptors (Lipinski definition) is 3. The Labute approximate surface area is 96.6 Å². The third-order valence-electron chi connectivity index (χ3n) is 3.54. The lowest BCUT2D eigenvalue weighted by atomic mass is 10.2. The second-order valence-electron chi connectivity index (χ2n) is 4.83. The summed E-state index contributed by atoms with van der Waals surface area (Å²) in [5, 5.41) is 4.02. The Hall–Kier alpha value is -0.900. The van der Waals surface area contributed by atoms with Gasteiger partial charge in [-0.3, -0.25) is 14.6 Å². The van der Waals surface area contributed by atoms with Crippen LogP contribution in [0.3, 0.4) is 0 Å². The molecule has 1 saturated heterocycles. The summed E-state index contributed by atoms with van der Waals surface area (Å²) in [5.74, 6) is 0.446. The highest BCUT2D eigenvalue weighted by Gasteiger charge is 2.35. The van der Waals surface area contributed by atoms with Gasteiger partial charge in [-0.1, -0.05) is 12.8 Å². The molecule has 0 spiro atoms. The summed E-state index contributed by atoms with van der Waals surface area (Å²) in [4.78, 5) is 22.8. The number of carbonyl (C=O) groups is 2. The average molecular weight is 224 g/mol. The number of hydrazine groups is 1. The van der Waals surface area contributed by atoms with E-state index in [0.29, 0.717) is 25.4 Å². The van der Waals surface area contributed by atoms with Gasteiger partial charge in [0.15, 0.2) is 0 Å². The van der Waals surface area contributed by atoms with E-state index in [2.05, 4.69) is 5.01 Å². The molecule has 0 aromatic rings. The number of rotatable bonds is 4. The lowest BCUT2D eigenvalue weighted by molar-refractivity contribution is -0.143. The van der Waals surface area contributed by atoms with Crippen molar-refractivity contribution >= 4 is 11.7 Å². The van der Waals surface area contributed by atoms with Gasteiger partial charge in [-0.25, -0.2) is 5.01 Å². The fraction of sp³-hybridized carbons (Fsp3) is 0.833. The fourth-order valence-electron chi connectivity index (χ4n) is 2.69. The van der Waals surface area contributed by atoms with Crippen LogP contribution >= 0.6 is 0 Å². The Balaban J connectivity index is 1.95. The number of ketones is 1. The minimum absolute atomic E-state index is 0.200. The summed E-state index contributed by atoms with van der Waals surface area (Å²) < 4.78 is 0. The molecule has 90 valence electrons. The standard InChI is InChI=1S/C12H20N2O2/c1-10(15)6-8-13-9-7-12(16)14(13)11-4-2-3-5-11/h11H,2-9H2,1H3. The van der Waals surface area contributed by atoms with Crippen molar-refractivity contribution in [2.24, 2.45) is 0 Å². The van der Waals surface area contributed by atoms with Crippen molar-refractivity contribution < 1.29 is 9.59 Å². The van der Waals surface area contributed by atoms with Crippen LogP contribution in [-0.4, -0.2) is 40.8 Å². The van der Waals surface area contributed by atoms with Gasteiger partial charge in [0.1, 0.15) is 5.78 Å². The van der Waals surface area contributed by atoms with Crippen LogP contribution in [0.15, 0.2) is 0 Å². The van der Waals surface area contributed by atoms with Gasteiger partial charge in [0.2, 0.25) is 5.91 Å². The van der Waals surface area contributed by atoms with Crippen molar-refractivity contribution in [3.05, 3.63) is 0 Å². The van der Waals surface area contributed by atoms with E-state index in [9.17, 15) is 9.59 Å². The predicted octanol–water partition coefficient (Wildman–Crippen LogP) is 1.36. The zero-order valence-electron chi connectivity index (χ0n) is 9.95. The third-order valence-corrected chi connectivity index (χ3v) is 3.54. The van der Waals surface area contributed by atoms with Crippen LogP contribution in [-0.2, 0) is 9.59 Å². The molecule has 0 aromatic carbocycles. The normalized spacial score (nSPS) is 23.3. The first-order valence-corrected chi connectivity index (χ1v) is 6.25. The first-order chi connectivity index (χ1) is 7.68. The van der Waals surface area contributed by atoms with Crippen LogP contribution in [0.25, 0.3) is 0 Å². The number of carbonyl (C=O) groups excluding carboxylic acids is 2. The van der Waals surface area contributed by atoms with Gasteiger partial charge in [0.25, 0.3) is 0 Å². The molecule has 2 fully saturated rings. The monoisotopic (exact) mass is 224 g/mol. The van der Waals surface area contributed by atoms with Gasteiger partial charge < -0.3 is 0 Å². The van der Waals surface area contributed by atoms with Crippen LogP contribution in [0.1, 0.15) is 45.4 Å². The highest BCUT2D eigenvalue weighted by molar-refractivity contribution is 5.78. The van der Waals surface area contributed by atoms with Crippen LogP contribution in [0, 0.1) is 0 Å². The molecule has 0 bridgehead atoms. The van der Waals surface area contributed by atoms with Crippen molar-refractivity contribution in [2.45, 2.75) is 51.5 Å². The van der Waals surface area contributed by atoms with Crippen molar-refractivity contribution in [3.8, 4) is 0 Å². The summed E-state index contributed by atoms with van der Waals surface area (Å²) in [6.45, 7) is 3.11. The quantitative estimate of drug-likeness (QED) is 0.724. The summed E-state index contributed by atoms with van der Waals surface area (Å²) in [5.41, 5.74) is 0. The number of Topliss-reactive ketones (excluding diaryl/α,β-unsaturated/α-hetero) is 1. The summed E-state index contributed by atoms with van der Waals surface area (Å²) in [6, 6.07) is 0.405. The number of nitrogens with zero attached hydrogens (tertiary/aromatic N) is 2. The maximum Gasteiger partial charge on any atom is 0.238 e. The molecule has 16 heavy (non-hydrogen) atoms. The summed E-state index contributed by atoms with van der Waals surface area (Å²) >= 11 is 0. The van der Waals surface area contributed by atoms with E-state index < -0.39 is 0 Å².